The highest BCUT2D eigenvalue weighted by atomic mass is 35.5. The molecule has 0 radical (unpaired) electrons. The van der Waals surface area contributed by atoms with Crippen LogP contribution in [0.15, 0.2) is 29.3 Å². The molecule has 33 heavy (non-hydrogen) atoms. The van der Waals surface area contributed by atoms with Crippen molar-refractivity contribution in [1.29, 1.82) is 0 Å². The number of ketones is 1. The molecular weight excluding hydrogens is 458 g/mol. The van der Waals surface area contributed by atoms with Crippen molar-refractivity contribution in [2.75, 3.05) is 19.8 Å². The van der Waals surface area contributed by atoms with Gasteiger partial charge in [-0.3, -0.25) is 14.4 Å². The number of aromatic nitrogens is 3. The maximum atomic E-state index is 12.9. The van der Waals surface area contributed by atoms with Crippen LogP contribution in [0.4, 0.5) is 0 Å². The predicted octanol–water partition coefficient (Wildman–Crippen LogP) is 4.51. The van der Waals surface area contributed by atoms with Crippen molar-refractivity contribution in [3.8, 4) is 5.00 Å². The van der Waals surface area contributed by atoms with Gasteiger partial charge in [0.05, 0.1) is 12.3 Å². The van der Waals surface area contributed by atoms with Gasteiger partial charge in [-0.15, -0.1) is 21.5 Å². The Kier molecular flexibility index (Phi) is 7.38. The number of nitrogens with zero attached hydrogens (tertiary/aromatic N) is 4. The lowest BCUT2D eigenvalue weighted by molar-refractivity contribution is -0.119. The van der Waals surface area contributed by atoms with Crippen LogP contribution in [0, 0.1) is 20.8 Å². The van der Waals surface area contributed by atoms with E-state index in [1.165, 1.54) is 10.4 Å². The highest BCUT2D eigenvalue weighted by molar-refractivity contribution is 7.15. The minimum Gasteiger partial charge on any atom is -0.380 e. The van der Waals surface area contributed by atoms with Crippen molar-refractivity contribution in [2.45, 2.75) is 46.1 Å². The van der Waals surface area contributed by atoms with E-state index >= 15 is 0 Å². The van der Waals surface area contributed by atoms with Crippen LogP contribution in [0.3, 0.4) is 0 Å². The number of thiophene rings is 1. The van der Waals surface area contributed by atoms with Crippen LogP contribution in [-0.2, 0) is 9.53 Å². The topological polar surface area (TPSA) is 95.4 Å². The van der Waals surface area contributed by atoms with Crippen LogP contribution in [0.1, 0.15) is 58.5 Å². The van der Waals surface area contributed by atoms with Gasteiger partial charge in [0.25, 0.3) is 0 Å². The molecule has 7 nitrogen and oxygen atoms in total. The molecular formula is C24H28ClN5O2S. The second-order valence-corrected chi connectivity index (χ2v) is 9.79. The van der Waals surface area contributed by atoms with E-state index in [2.05, 4.69) is 28.6 Å². The summed E-state index contributed by atoms with van der Waals surface area (Å²) in [6.07, 6.45) is 1.36. The fraction of sp³-hybridized carbons (Fsp3) is 0.417. The maximum absolute atomic E-state index is 12.9. The van der Waals surface area contributed by atoms with E-state index < -0.39 is 6.04 Å². The number of ether oxygens (including phenoxy) is 1. The zero-order valence-corrected chi connectivity index (χ0v) is 20.7. The van der Waals surface area contributed by atoms with Gasteiger partial charge < -0.3 is 10.5 Å². The molecule has 0 bridgehead atoms. The number of carbonyl (C=O) groups excluding carboxylic acids is 1. The highest BCUT2D eigenvalue weighted by Crippen LogP contribution is 2.39. The van der Waals surface area contributed by atoms with Crippen molar-refractivity contribution < 1.29 is 9.53 Å². The first kappa shape index (κ1) is 23.8. The number of carbonyl (C=O) groups is 1. The molecule has 2 aromatic heterocycles. The summed E-state index contributed by atoms with van der Waals surface area (Å²) in [5.74, 6) is 1.61. The summed E-state index contributed by atoms with van der Waals surface area (Å²) in [6.45, 7) is 7.68. The number of Topliss-reactive ketones (excluding diaryl/α,β-unsaturated/α-hetero) is 1. The first-order valence-electron chi connectivity index (χ1n) is 11.1. The lowest BCUT2D eigenvalue weighted by Gasteiger charge is -2.12. The summed E-state index contributed by atoms with van der Waals surface area (Å²) < 4.78 is 7.47. The molecule has 1 aliphatic heterocycles. The molecule has 0 aliphatic carbocycles. The van der Waals surface area contributed by atoms with Crippen LogP contribution in [0.5, 0.6) is 0 Å². The van der Waals surface area contributed by atoms with Crippen molar-refractivity contribution in [2.24, 2.45) is 10.7 Å². The molecule has 9 heteroatoms. The number of benzene rings is 1. The molecule has 1 atom stereocenters. The SMILES string of the molecule is Cc1sc2c(c1C)C(c1ccc(Cl)cc1)=N[C@@H](CC(=O)CCCOCCN)c1nnc(C)n1-2. The molecule has 0 spiro atoms. The van der Waals surface area contributed by atoms with Gasteiger partial charge in [-0.25, -0.2) is 0 Å². The van der Waals surface area contributed by atoms with Crippen LogP contribution < -0.4 is 5.73 Å². The van der Waals surface area contributed by atoms with Crippen LogP contribution in [0.2, 0.25) is 5.02 Å². The maximum Gasteiger partial charge on any atom is 0.163 e. The van der Waals surface area contributed by atoms with E-state index in [9.17, 15) is 4.79 Å². The van der Waals surface area contributed by atoms with Crippen LogP contribution >= 0.6 is 22.9 Å². The van der Waals surface area contributed by atoms with E-state index in [1.54, 1.807) is 11.3 Å². The third-order valence-corrected chi connectivity index (χ3v) is 7.23. The number of fused-ring (bicyclic) bond motifs is 3. The summed E-state index contributed by atoms with van der Waals surface area (Å²) >= 11 is 7.85. The number of aryl methyl sites for hydroxylation is 2. The third-order valence-electron chi connectivity index (χ3n) is 5.78. The minimum absolute atomic E-state index is 0.126. The standard InChI is InChI=1S/C24H28ClN5O2S/c1-14-15(2)33-24-21(14)22(17-6-8-18(25)9-7-17)27-20(23-29-28-16(3)30(23)24)13-19(31)5-4-11-32-12-10-26/h6-9,20H,4-5,10-13,26H2,1-3H3/t20-/m0/s1. The molecule has 0 fully saturated rings. The molecule has 4 rings (SSSR count). The number of hydrogen-bond acceptors (Lipinski definition) is 7. The van der Waals surface area contributed by atoms with Gasteiger partial charge in [0.15, 0.2) is 5.82 Å². The molecule has 3 heterocycles. The monoisotopic (exact) mass is 485 g/mol. The number of aliphatic imine (C=N–C) groups is 1. The molecule has 1 aliphatic rings. The van der Waals surface area contributed by atoms with Crippen LogP contribution in [-0.4, -0.2) is 46.0 Å². The van der Waals surface area contributed by atoms with Crippen LogP contribution in [0.25, 0.3) is 5.00 Å². The number of nitrogens with two attached hydrogens (primary N) is 1. The Bertz CT molecular complexity index is 1180. The zero-order chi connectivity index (χ0) is 23.5. The average molecular weight is 486 g/mol. The first-order chi connectivity index (χ1) is 15.9. The largest absolute Gasteiger partial charge is 0.380 e. The van der Waals surface area contributed by atoms with E-state index in [0.717, 1.165) is 27.7 Å². The predicted molar refractivity (Wildman–Crippen MR) is 132 cm³/mol. The first-order valence-corrected chi connectivity index (χ1v) is 12.3. The smallest absolute Gasteiger partial charge is 0.163 e. The second kappa shape index (κ2) is 10.3. The Labute approximate surface area is 202 Å². The van der Waals surface area contributed by atoms with Gasteiger partial charge >= 0.3 is 0 Å². The van der Waals surface area contributed by atoms with Crippen molar-refractivity contribution in [1.82, 2.24) is 14.8 Å². The normalized spacial score (nSPS) is 15.1. The fourth-order valence-electron chi connectivity index (χ4n) is 4.01. The average Bonchev–Trinajstić information content (AvgIpc) is 3.26. The quantitative estimate of drug-likeness (QED) is 0.450. The van der Waals surface area contributed by atoms with Gasteiger partial charge in [0.1, 0.15) is 22.7 Å². The summed E-state index contributed by atoms with van der Waals surface area (Å²) in [4.78, 5) is 19.2. The Balaban J connectivity index is 1.73. The molecule has 174 valence electrons. The highest BCUT2D eigenvalue weighted by Gasteiger charge is 2.32. The molecule has 3 aromatic rings. The van der Waals surface area contributed by atoms with E-state index in [4.69, 9.17) is 27.1 Å². The lowest BCUT2D eigenvalue weighted by Crippen LogP contribution is -2.13. The van der Waals surface area contributed by atoms with Crippen molar-refractivity contribution in [3.63, 3.8) is 0 Å². The van der Waals surface area contributed by atoms with Gasteiger partial charge in [0.2, 0.25) is 0 Å². The number of halogens is 1. The number of hydrogen-bond donors (Lipinski definition) is 1. The van der Waals surface area contributed by atoms with Gasteiger partial charge in [-0.2, -0.15) is 0 Å². The van der Waals surface area contributed by atoms with Gasteiger partial charge in [0, 0.05) is 47.0 Å². The Hall–Kier alpha value is -2.39. The van der Waals surface area contributed by atoms with E-state index in [1.807, 2.05) is 31.2 Å². The summed E-state index contributed by atoms with van der Waals surface area (Å²) in [7, 11) is 0. The summed E-state index contributed by atoms with van der Waals surface area (Å²) in [5, 5.41) is 10.5. The van der Waals surface area contributed by atoms with E-state index in [0.29, 0.717) is 43.4 Å². The summed E-state index contributed by atoms with van der Waals surface area (Å²) in [6, 6.07) is 7.26. The van der Waals surface area contributed by atoms with Crippen molar-refractivity contribution in [3.05, 3.63) is 62.5 Å². The molecule has 0 saturated heterocycles. The van der Waals surface area contributed by atoms with Gasteiger partial charge in [-0.05, 0) is 44.9 Å². The molecule has 0 unspecified atom stereocenters. The molecule has 0 amide bonds. The minimum atomic E-state index is -0.423. The number of rotatable bonds is 9. The lowest BCUT2D eigenvalue weighted by atomic mass is 9.99. The Morgan fingerprint density at radius 3 is 2.67 bits per heavy atom. The summed E-state index contributed by atoms with van der Waals surface area (Å²) in [5.41, 5.74) is 9.50. The Morgan fingerprint density at radius 1 is 1.18 bits per heavy atom. The van der Waals surface area contributed by atoms with E-state index in [-0.39, 0.29) is 12.2 Å². The Morgan fingerprint density at radius 2 is 1.94 bits per heavy atom. The molecule has 0 saturated carbocycles. The zero-order valence-electron chi connectivity index (χ0n) is 19.1. The second-order valence-electron chi connectivity index (χ2n) is 8.15. The fourth-order valence-corrected chi connectivity index (χ4v) is 5.35. The molecule has 1 aromatic carbocycles. The van der Waals surface area contributed by atoms with Gasteiger partial charge in [-0.1, -0.05) is 23.7 Å². The van der Waals surface area contributed by atoms with Crippen molar-refractivity contribution >= 4 is 34.4 Å². The molecule has 2 N–H and O–H groups in total. The third kappa shape index (κ3) is 4.94.